The van der Waals surface area contributed by atoms with E-state index in [9.17, 15) is 4.79 Å². The van der Waals surface area contributed by atoms with E-state index in [2.05, 4.69) is 33.0 Å². The predicted molar refractivity (Wildman–Crippen MR) is 97.0 cm³/mol. The molecule has 0 spiro atoms. The van der Waals surface area contributed by atoms with Gasteiger partial charge in [-0.25, -0.2) is 0 Å². The molecule has 0 fully saturated rings. The second-order valence-corrected chi connectivity index (χ2v) is 7.43. The third kappa shape index (κ3) is 13.3. The van der Waals surface area contributed by atoms with Gasteiger partial charge in [0.25, 0.3) is 0 Å². The van der Waals surface area contributed by atoms with Gasteiger partial charge in [0.1, 0.15) is 6.29 Å². The quantitative estimate of drug-likeness (QED) is 0.353. The summed E-state index contributed by atoms with van der Waals surface area (Å²) in [6.07, 6.45) is 10.1. The molecule has 3 N–H and O–H groups in total. The number of rotatable bonds is 15. The molecule has 3 nitrogen and oxygen atoms in total. The molecule has 0 aromatic rings. The summed E-state index contributed by atoms with van der Waals surface area (Å²) < 4.78 is 0. The highest BCUT2D eigenvalue weighted by Crippen LogP contribution is 2.22. The maximum absolute atomic E-state index is 10.3. The predicted octanol–water partition coefficient (Wildman–Crippen LogP) is 4.15. The van der Waals surface area contributed by atoms with Gasteiger partial charge in [0.05, 0.1) is 0 Å². The lowest BCUT2D eigenvalue weighted by Gasteiger charge is -2.21. The Balaban J connectivity index is 3.62. The van der Waals surface area contributed by atoms with Crippen LogP contribution in [0.15, 0.2) is 0 Å². The molecule has 3 heteroatoms. The highest BCUT2D eigenvalue weighted by Gasteiger charge is 2.12. The van der Waals surface area contributed by atoms with Crippen LogP contribution in [0.4, 0.5) is 0 Å². The first kappa shape index (κ1) is 21.6. The molecule has 0 saturated carbocycles. The number of nitrogens with two attached hydrogens (primary N) is 1. The lowest BCUT2D eigenvalue weighted by Crippen LogP contribution is -2.29. The third-order valence-corrected chi connectivity index (χ3v) is 4.50. The fraction of sp³-hybridized carbons (Fsp3) is 0.947. The summed E-state index contributed by atoms with van der Waals surface area (Å²) in [5.74, 6) is 2.41. The second-order valence-electron chi connectivity index (χ2n) is 7.43. The first-order valence-corrected chi connectivity index (χ1v) is 9.39. The molecule has 0 saturated heterocycles. The summed E-state index contributed by atoms with van der Waals surface area (Å²) in [6, 6.07) is 0.159. The Bertz CT molecular complexity index is 258. The van der Waals surface area contributed by atoms with Crippen molar-refractivity contribution in [3.05, 3.63) is 0 Å². The van der Waals surface area contributed by atoms with Gasteiger partial charge in [-0.15, -0.1) is 0 Å². The molecule has 0 aromatic heterocycles. The fourth-order valence-corrected chi connectivity index (χ4v) is 3.29. The average Bonchev–Trinajstić information content (AvgIpc) is 2.47. The molecule has 0 rings (SSSR count). The van der Waals surface area contributed by atoms with Gasteiger partial charge in [-0.05, 0) is 56.5 Å². The van der Waals surface area contributed by atoms with E-state index in [1.807, 2.05) is 0 Å². The smallest absolute Gasteiger partial charge is 0.120 e. The highest BCUT2D eigenvalue weighted by atomic mass is 16.1. The van der Waals surface area contributed by atoms with Crippen LogP contribution in [0.3, 0.4) is 0 Å². The Labute approximate surface area is 138 Å². The second kappa shape index (κ2) is 14.2. The maximum Gasteiger partial charge on any atom is 0.120 e. The van der Waals surface area contributed by atoms with Crippen LogP contribution in [0.2, 0.25) is 0 Å². The molecule has 0 aliphatic rings. The van der Waals surface area contributed by atoms with Gasteiger partial charge >= 0.3 is 0 Å². The summed E-state index contributed by atoms with van der Waals surface area (Å²) in [5, 5.41) is 3.52. The minimum absolute atomic E-state index is 0.159. The summed E-state index contributed by atoms with van der Waals surface area (Å²) in [7, 11) is 0. The van der Waals surface area contributed by atoms with Crippen LogP contribution in [0.1, 0.15) is 79.1 Å². The van der Waals surface area contributed by atoms with Crippen molar-refractivity contribution in [1.82, 2.24) is 5.32 Å². The van der Waals surface area contributed by atoms with E-state index in [4.69, 9.17) is 5.73 Å². The van der Waals surface area contributed by atoms with Crippen molar-refractivity contribution >= 4 is 6.29 Å². The van der Waals surface area contributed by atoms with E-state index in [-0.39, 0.29) is 6.04 Å². The molecule has 0 heterocycles. The molecular formula is C19H40N2O. The largest absolute Gasteiger partial charge is 0.328 e. The van der Waals surface area contributed by atoms with Gasteiger partial charge in [-0.2, -0.15) is 0 Å². The van der Waals surface area contributed by atoms with Gasteiger partial charge in [0, 0.05) is 12.5 Å². The van der Waals surface area contributed by atoms with Crippen molar-refractivity contribution < 1.29 is 4.79 Å². The number of carbonyl (C=O) groups is 1. The number of carbonyl (C=O) groups excluding carboxylic acids is 1. The van der Waals surface area contributed by atoms with Crippen LogP contribution in [0.25, 0.3) is 0 Å². The zero-order valence-corrected chi connectivity index (χ0v) is 15.4. The number of unbranched alkanes of at least 4 members (excludes halogenated alkanes) is 1. The first-order valence-electron chi connectivity index (χ1n) is 9.39. The molecule has 0 radical (unpaired) electrons. The molecule has 22 heavy (non-hydrogen) atoms. The summed E-state index contributed by atoms with van der Waals surface area (Å²) >= 11 is 0. The lowest BCUT2D eigenvalue weighted by atomic mass is 9.87. The van der Waals surface area contributed by atoms with Crippen LogP contribution < -0.4 is 11.1 Å². The molecule has 4 atom stereocenters. The van der Waals surface area contributed by atoms with Crippen molar-refractivity contribution in [1.29, 1.82) is 0 Å². The van der Waals surface area contributed by atoms with Crippen LogP contribution in [-0.2, 0) is 4.79 Å². The van der Waals surface area contributed by atoms with Crippen LogP contribution in [0.5, 0.6) is 0 Å². The minimum Gasteiger partial charge on any atom is -0.328 e. The fourth-order valence-electron chi connectivity index (χ4n) is 3.29. The van der Waals surface area contributed by atoms with Gasteiger partial charge in [-0.1, -0.05) is 47.0 Å². The van der Waals surface area contributed by atoms with Crippen LogP contribution in [-0.4, -0.2) is 25.4 Å². The molecule has 0 aliphatic heterocycles. The Morgan fingerprint density at radius 2 is 1.68 bits per heavy atom. The Hall–Kier alpha value is -0.410. The van der Waals surface area contributed by atoms with Gasteiger partial charge in [-0.3, -0.25) is 0 Å². The zero-order valence-electron chi connectivity index (χ0n) is 15.4. The summed E-state index contributed by atoms with van der Waals surface area (Å²) in [6.45, 7) is 11.4. The van der Waals surface area contributed by atoms with E-state index in [0.29, 0.717) is 6.42 Å². The maximum atomic E-state index is 10.3. The topological polar surface area (TPSA) is 55.1 Å². The zero-order chi connectivity index (χ0) is 16.8. The minimum atomic E-state index is 0.159. The number of hydrogen-bond donors (Lipinski definition) is 2. The third-order valence-electron chi connectivity index (χ3n) is 4.50. The van der Waals surface area contributed by atoms with E-state index in [0.717, 1.165) is 50.0 Å². The standard InChI is InChI=1S/C19H40N2O/c1-5-6-8-16(2)13-17(3)14-18(4)15-21-11-10-19(20)9-7-12-22/h12,16-19,21H,5-11,13-15,20H2,1-4H3. The monoisotopic (exact) mass is 312 g/mol. The first-order chi connectivity index (χ1) is 10.5. The van der Waals surface area contributed by atoms with Crippen molar-refractivity contribution in [3.8, 4) is 0 Å². The van der Waals surface area contributed by atoms with Crippen molar-refractivity contribution in [2.24, 2.45) is 23.5 Å². The Morgan fingerprint density at radius 3 is 2.32 bits per heavy atom. The number of aldehydes is 1. The molecule has 0 aliphatic carbocycles. The van der Waals surface area contributed by atoms with E-state index >= 15 is 0 Å². The Kier molecular flexibility index (Phi) is 13.9. The van der Waals surface area contributed by atoms with Crippen LogP contribution >= 0.6 is 0 Å². The lowest BCUT2D eigenvalue weighted by molar-refractivity contribution is -0.108. The summed E-state index contributed by atoms with van der Waals surface area (Å²) in [4.78, 5) is 10.3. The molecular weight excluding hydrogens is 272 g/mol. The van der Waals surface area contributed by atoms with E-state index in [1.54, 1.807) is 0 Å². The normalized spacial score (nSPS) is 17.0. The number of hydrogen-bond acceptors (Lipinski definition) is 3. The van der Waals surface area contributed by atoms with E-state index < -0.39 is 0 Å². The molecule has 0 aromatic carbocycles. The van der Waals surface area contributed by atoms with Crippen molar-refractivity contribution in [3.63, 3.8) is 0 Å². The number of nitrogens with one attached hydrogen (secondary N) is 1. The molecule has 0 amide bonds. The average molecular weight is 313 g/mol. The molecule has 4 unspecified atom stereocenters. The van der Waals surface area contributed by atoms with Gasteiger partial charge in [0.15, 0.2) is 0 Å². The molecule has 132 valence electrons. The SMILES string of the molecule is CCCCC(C)CC(C)CC(C)CNCCC(N)CCC=O. The van der Waals surface area contributed by atoms with Gasteiger partial charge < -0.3 is 15.8 Å². The Morgan fingerprint density at radius 1 is 1.00 bits per heavy atom. The van der Waals surface area contributed by atoms with Crippen molar-refractivity contribution in [2.75, 3.05) is 13.1 Å². The highest BCUT2D eigenvalue weighted by molar-refractivity contribution is 5.49. The van der Waals surface area contributed by atoms with E-state index in [1.165, 1.54) is 32.1 Å². The molecule has 0 bridgehead atoms. The van der Waals surface area contributed by atoms with Crippen molar-refractivity contribution in [2.45, 2.75) is 85.1 Å². The van der Waals surface area contributed by atoms with Crippen LogP contribution in [0, 0.1) is 17.8 Å². The summed E-state index contributed by atoms with van der Waals surface area (Å²) in [5.41, 5.74) is 5.95. The van der Waals surface area contributed by atoms with Gasteiger partial charge in [0.2, 0.25) is 0 Å².